The largest absolute Gasteiger partial charge is 0.357 e. The summed E-state index contributed by atoms with van der Waals surface area (Å²) in [6, 6.07) is 6.76. The number of nitrogens with one attached hydrogen (secondary N) is 2. The molecule has 0 aliphatic rings. The fourth-order valence-electron chi connectivity index (χ4n) is 2.41. The number of guanidine groups is 1. The van der Waals surface area contributed by atoms with Crippen LogP contribution >= 0.6 is 11.3 Å². The Balaban J connectivity index is 2.04. The first-order valence-corrected chi connectivity index (χ1v) is 9.34. The number of halogens is 1. The molecule has 0 saturated heterocycles. The highest BCUT2D eigenvalue weighted by molar-refractivity contribution is 7.11. The molecule has 0 atom stereocenters. The van der Waals surface area contributed by atoms with Gasteiger partial charge in [-0.15, -0.1) is 11.3 Å². The van der Waals surface area contributed by atoms with Crippen LogP contribution in [0.25, 0.3) is 0 Å². The molecule has 2 aromatic rings. The number of hydrogen-bond donors (Lipinski definition) is 2. The van der Waals surface area contributed by atoms with Gasteiger partial charge >= 0.3 is 0 Å². The molecule has 0 bridgehead atoms. The lowest BCUT2D eigenvalue weighted by Gasteiger charge is -2.26. The third-order valence-electron chi connectivity index (χ3n) is 4.09. The minimum absolute atomic E-state index is 0.208. The van der Waals surface area contributed by atoms with Gasteiger partial charge in [0.05, 0.1) is 12.2 Å². The number of nitrogens with zero attached hydrogens (tertiary/aromatic N) is 2. The highest BCUT2D eigenvalue weighted by atomic mass is 32.1. The van der Waals surface area contributed by atoms with Crippen molar-refractivity contribution >= 4 is 17.3 Å². The Kier molecular flexibility index (Phi) is 6.53. The second-order valence-electron chi connectivity index (χ2n) is 6.69. The predicted octanol–water partition coefficient (Wildman–Crippen LogP) is 3.93. The molecule has 0 amide bonds. The van der Waals surface area contributed by atoms with E-state index in [9.17, 15) is 4.39 Å². The summed E-state index contributed by atoms with van der Waals surface area (Å²) in [5, 5.41) is 7.63. The van der Waals surface area contributed by atoms with Crippen molar-refractivity contribution in [3.8, 4) is 0 Å². The van der Waals surface area contributed by atoms with Crippen LogP contribution in [0, 0.1) is 19.7 Å². The molecule has 0 saturated carbocycles. The van der Waals surface area contributed by atoms with E-state index in [0.29, 0.717) is 13.1 Å². The minimum atomic E-state index is -0.216. The van der Waals surface area contributed by atoms with Crippen LogP contribution in [0.1, 0.15) is 41.9 Å². The number of thiazole rings is 1. The maximum absolute atomic E-state index is 13.5. The molecule has 1 aromatic carbocycles. The second-order valence-corrected chi connectivity index (χ2v) is 7.98. The highest BCUT2D eigenvalue weighted by Crippen LogP contribution is 2.23. The SMILES string of the molecule is CCNC(=NCc1nc(C)c(C)s1)NCC(C)(C)c1cccc(F)c1. The Morgan fingerprint density at radius 3 is 2.64 bits per heavy atom. The van der Waals surface area contributed by atoms with Gasteiger partial charge in [-0.1, -0.05) is 26.0 Å². The highest BCUT2D eigenvalue weighted by Gasteiger charge is 2.21. The van der Waals surface area contributed by atoms with Crippen LogP contribution in [0.4, 0.5) is 4.39 Å². The van der Waals surface area contributed by atoms with Crippen LogP contribution in [0.3, 0.4) is 0 Å². The Morgan fingerprint density at radius 2 is 2.04 bits per heavy atom. The fraction of sp³-hybridized carbons (Fsp3) is 0.474. The van der Waals surface area contributed by atoms with Crippen molar-refractivity contribution in [1.29, 1.82) is 0 Å². The first kappa shape index (κ1) is 19.4. The van der Waals surface area contributed by atoms with Gasteiger partial charge in [0.25, 0.3) is 0 Å². The van der Waals surface area contributed by atoms with Gasteiger partial charge in [-0.25, -0.2) is 14.4 Å². The smallest absolute Gasteiger partial charge is 0.191 e. The molecule has 0 radical (unpaired) electrons. The molecule has 6 heteroatoms. The van der Waals surface area contributed by atoms with Crippen LogP contribution in [-0.4, -0.2) is 24.0 Å². The standard InChI is InChI=1S/C19H27FN4S/c1-6-21-18(22-11-17-24-13(2)14(3)25-17)23-12-19(4,5)15-8-7-9-16(20)10-15/h7-10H,6,11-12H2,1-5H3,(H2,21,22,23). The molecule has 4 nitrogen and oxygen atoms in total. The van der Waals surface area contributed by atoms with Gasteiger partial charge < -0.3 is 10.6 Å². The molecular formula is C19H27FN4S. The number of hydrogen-bond acceptors (Lipinski definition) is 3. The summed E-state index contributed by atoms with van der Waals surface area (Å²) >= 11 is 1.68. The minimum Gasteiger partial charge on any atom is -0.357 e. The molecule has 1 aromatic heterocycles. The van der Waals surface area contributed by atoms with Gasteiger partial charge in [-0.05, 0) is 38.5 Å². The summed E-state index contributed by atoms with van der Waals surface area (Å²) in [6.45, 7) is 12.3. The Hall–Kier alpha value is -1.95. The zero-order valence-electron chi connectivity index (χ0n) is 15.6. The Labute approximate surface area is 153 Å². The molecule has 0 unspecified atom stereocenters. The van der Waals surface area contributed by atoms with E-state index in [4.69, 9.17) is 0 Å². The molecule has 25 heavy (non-hydrogen) atoms. The number of aliphatic imine (C=N–C) groups is 1. The number of aromatic nitrogens is 1. The third-order valence-corrected chi connectivity index (χ3v) is 5.15. The number of benzene rings is 1. The van der Waals surface area contributed by atoms with Crippen molar-refractivity contribution in [3.05, 3.63) is 51.2 Å². The van der Waals surface area contributed by atoms with Crippen molar-refractivity contribution in [2.75, 3.05) is 13.1 Å². The maximum Gasteiger partial charge on any atom is 0.191 e. The van der Waals surface area contributed by atoms with Gasteiger partial charge in [0.1, 0.15) is 10.8 Å². The monoisotopic (exact) mass is 362 g/mol. The quantitative estimate of drug-likeness (QED) is 0.605. The Bertz CT molecular complexity index is 717. The van der Waals surface area contributed by atoms with Crippen molar-refractivity contribution in [2.45, 2.75) is 46.6 Å². The summed E-state index contributed by atoms with van der Waals surface area (Å²) < 4.78 is 13.5. The maximum atomic E-state index is 13.5. The van der Waals surface area contributed by atoms with Crippen LogP contribution < -0.4 is 10.6 Å². The zero-order valence-corrected chi connectivity index (χ0v) is 16.4. The Morgan fingerprint density at radius 1 is 1.28 bits per heavy atom. The lowest BCUT2D eigenvalue weighted by atomic mass is 9.84. The molecule has 2 rings (SSSR count). The van der Waals surface area contributed by atoms with E-state index in [2.05, 4.69) is 41.4 Å². The zero-order chi connectivity index (χ0) is 18.4. The van der Waals surface area contributed by atoms with E-state index in [-0.39, 0.29) is 11.2 Å². The van der Waals surface area contributed by atoms with E-state index in [1.165, 1.54) is 10.9 Å². The second kappa shape index (κ2) is 8.43. The summed E-state index contributed by atoms with van der Waals surface area (Å²) in [6.07, 6.45) is 0. The summed E-state index contributed by atoms with van der Waals surface area (Å²) in [5.41, 5.74) is 1.81. The van der Waals surface area contributed by atoms with Crippen LogP contribution in [0.15, 0.2) is 29.3 Å². The van der Waals surface area contributed by atoms with Crippen molar-refractivity contribution in [2.24, 2.45) is 4.99 Å². The normalized spacial score (nSPS) is 12.3. The number of rotatable bonds is 6. The summed E-state index contributed by atoms with van der Waals surface area (Å²) in [4.78, 5) is 10.4. The lowest BCUT2D eigenvalue weighted by Crippen LogP contribution is -2.43. The van der Waals surface area contributed by atoms with Gasteiger partial charge in [0.2, 0.25) is 0 Å². The predicted molar refractivity (Wildman–Crippen MR) is 104 cm³/mol. The first-order valence-electron chi connectivity index (χ1n) is 8.53. The van der Waals surface area contributed by atoms with E-state index in [1.54, 1.807) is 23.5 Å². The molecule has 0 spiro atoms. The average Bonchev–Trinajstić information content (AvgIpc) is 2.88. The number of aryl methyl sites for hydroxylation is 2. The molecule has 136 valence electrons. The first-order chi connectivity index (χ1) is 11.8. The van der Waals surface area contributed by atoms with Gasteiger partial charge in [0.15, 0.2) is 5.96 Å². The van der Waals surface area contributed by atoms with E-state index >= 15 is 0 Å². The molecular weight excluding hydrogens is 335 g/mol. The van der Waals surface area contributed by atoms with Gasteiger partial charge in [-0.3, -0.25) is 0 Å². The van der Waals surface area contributed by atoms with Gasteiger partial charge in [0, 0.05) is 23.4 Å². The van der Waals surface area contributed by atoms with Crippen molar-refractivity contribution < 1.29 is 4.39 Å². The lowest BCUT2D eigenvalue weighted by molar-refractivity contribution is 0.503. The third kappa shape index (κ3) is 5.53. The van der Waals surface area contributed by atoms with Crippen LogP contribution in [-0.2, 0) is 12.0 Å². The van der Waals surface area contributed by atoms with Gasteiger partial charge in [-0.2, -0.15) is 0 Å². The van der Waals surface area contributed by atoms with E-state index < -0.39 is 0 Å². The van der Waals surface area contributed by atoms with Crippen molar-refractivity contribution in [3.63, 3.8) is 0 Å². The molecule has 0 aliphatic heterocycles. The average molecular weight is 363 g/mol. The molecule has 1 heterocycles. The van der Waals surface area contributed by atoms with Crippen LogP contribution in [0.5, 0.6) is 0 Å². The van der Waals surface area contributed by atoms with Crippen molar-refractivity contribution in [1.82, 2.24) is 15.6 Å². The van der Waals surface area contributed by atoms with E-state index in [0.717, 1.165) is 28.8 Å². The van der Waals surface area contributed by atoms with E-state index in [1.807, 2.05) is 19.9 Å². The van der Waals surface area contributed by atoms with Crippen LogP contribution in [0.2, 0.25) is 0 Å². The molecule has 0 aliphatic carbocycles. The topological polar surface area (TPSA) is 49.3 Å². The molecule has 2 N–H and O–H groups in total. The molecule has 0 fully saturated rings. The fourth-order valence-corrected chi connectivity index (χ4v) is 3.27. The summed E-state index contributed by atoms with van der Waals surface area (Å²) in [5.74, 6) is 0.540. The summed E-state index contributed by atoms with van der Waals surface area (Å²) in [7, 11) is 0.